The van der Waals surface area contributed by atoms with Gasteiger partial charge in [0.05, 0.1) is 5.75 Å². The first kappa shape index (κ1) is 15.5. The van der Waals surface area contributed by atoms with E-state index in [0.29, 0.717) is 5.75 Å². The molecule has 0 rings (SSSR count). The zero-order valence-electron chi connectivity index (χ0n) is 10.0. The lowest BCUT2D eigenvalue weighted by atomic mass is 10.2. The van der Waals surface area contributed by atoms with Crippen LogP contribution in [0.4, 0.5) is 13.6 Å². The molecule has 0 spiro atoms. The second-order valence-corrected chi connectivity index (χ2v) is 5.55. The van der Waals surface area contributed by atoms with Crippen LogP contribution in [-0.2, 0) is 4.74 Å². The molecule has 0 aliphatic rings. The molecule has 96 valence electrons. The lowest BCUT2D eigenvalue weighted by Crippen LogP contribution is -2.38. The van der Waals surface area contributed by atoms with Gasteiger partial charge in [-0.25, -0.2) is 13.6 Å². The van der Waals surface area contributed by atoms with Gasteiger partial charge in [-0.15, -0.1) is 0 Å². The number of nitrogens with one attached hydrogen (secondary N) is 1. The zero-order valence-corrected chi connectivity index (χ0v) is 10.9. The summed E-state index contributed by atoms with van der Waals surface area (Å²) in [6.07, 6.45) is -2.82. The van der Waals surface area contributed by atoms with Crippen LogP contribution in [0.2, 0.25) is 0 Å². The number of ether oxygens (including phenoxy) is 1. The summed E-state index contributed by atoms with van der Waals surface area (Å²) < 4.78 is 28.7. The van der Waals surface area contributed by atoms with Gasteiger partial charge in [0.1, 0.15) is 5.60 Å². The van der Waals surface area contributed by atoms with Crippen LogP contribution in [0.25, 0.3) is 0 Å². The quantitative estimate of drug-likeness (QED) is 0.821. The molecule has 0 saturated carbocycles. The van der Waals surface area contributed by atoms with Crippen molar-refractivity contribution in [2.24, 2.45) is 0 Å². The summed E-state index contributed by atoms with van der Waals surface area (Å²) in [6.45, 7) is 7.05. The highest BCUT2D eigenvalue weighted by atomic mass is 32.2. The van der Waals surface area contributed by atoms with Gasteiger partial charge in [-0.2, -0.15) is 11.8 Å². The molecule has 1 amide bonds. The molecule has 0 saturated heterocycles. The molecule has 0 unspecified atom stereocenters. The molecule has 0 aliphatic heterocycles. The number of alkyl halides is 2. The fraction of sp³-hybridized carbons (Fsp3) is 0.900. The Morgan fingerprint density at radius 2 is 1.94 bits per heavy atom. The molecule has 0 aliphatic carbocycles. The fourth-order valence-corrected chi connectivity index (χ4v) is 1.64. The average molecular weight is 255 g/mol. The Hall–Kier alpha value is -0.520. The number of amides is 1. The van der Waals surface area contributed by atoms with Crippen LogP contribution in [0.1, 0.15) is 27.7 Å². The van der Waals surface area contributed by atoms with Gasteiger partial charge in [0.15, 0.2) is 0 Å². The second kappa shape index (κ2) is 6.93. The molecule has 0 aromatic carbocycles. The highest BCUT2D eigenvalue weighted by Gasteiger charge is 2.17. The molecule has 6 heteroatoms. The van der Waals surface area contributed by atoms with Gasteiger partial charge in [-0.1, -0.05) is 0 Å². The molecular formula is C10H19F2NO2S. The third-order valence-corrected chi connectivity index (χ3v) is 2.60. The molecule has 0 fully saturated rings. The molecule has 0 heterocycles. The molecule has 0 radical (unpaired) electrons. The van der Waals surface area contributed by atoms with Crippen LogP contribution in [0.3, 0.4) is 0 Å². The van der Waals surface area contributed by atoms with Crippen molar-refractivity contribution in [3.63, 3.8) is 0 Å². The molecule has 0 bridgehead atoms. The Bertz CT molecular complexity index is 219. The Labute approximate surface area is 99.3 Å². The monoisotopic (exact) mass is 255 g/mol. The van der Waals surface area contributed by atoms with E-state index in [2.05, 4.69) is 5.32 Å². The van der Waals surface area contributed by atoms with E-state index in [0.717, 1.165) is 11.8 Å². The maximum atomic E-state index is 11.8. The predicted molar refractivity (Wildman–Crippen MR) is 62.2 cm³/mol. The number of thioether (sulfide) groups is 1. The number of hydrogen-bond acceptors (Lipinski definition) is 3. The third-order valence-electron chi connectivity index (χ3n) is 1.37. The van der Waals surface area contributed by atoms with E-state index < -0.39 is 18.1 Å². The minimum atomic E-state index is -2.31. The maximum absolute atomic E-state index is 11.8. The van der Waals surface area contributed by atoms with E-state index in [1.54, 1.807) is 27.7 Å². The lowest BCUT2D eigenvalue weighted by Gasteiger charge is -2.21. The maximum Gasteiger partial charge on any atom is 0.407 e. The molecule has 1 N–H and O–H groups in total. The lowest BCUT2D eigenvalue weighted by molar-refractivity contribution is 0.0513. The number of hydrogen-bond donors (Lipinski definition) is 1. The van der Waals surface area contributed by atoms with Crippen molar-refractivity contribution in [2.45, 2.75) is 45.8 Å². The highest BCUT2D eigenvalue weighted by Crippen LogP contribution is 2.10. The Balaban J connectivity index is 3.70. The van der Waals surface area contributed by atoms with Crippen molar-refractivity contribution in [3.05, 3.63) is 0 Å². The van der Waals surface area contributed by atoms with E-state index in [1.165, 1.54) is 0 Å². The van der Waals surface area contributed by atoms with Gasteiger partial charge in [0.2, 0.25) is 6.43 Å². The smallest absolute Gasteiger partial charge is 0.407 e. The van der Waals surface area contributed by atoms with Crippen LogP contribution in [0.15, 0.2) is 0 Å². The van der Waals surface area contributed by atoms with Gasteiger partial charge < -0.3 is 10.1 Å². The van der Waals surface area contributed by atoms with E-state index in [-0.39, 0.29) is 11.8 Å². The van der Waals surface area contributed by atoms with Crippen LogP contribution < -0.4 is 5.32 Å². The number of rotatable bonds is 5. The molecule has 1 atom stereocenters. The Morgan fingerprint density at radius 3 is 2.38 bits per heavy atom. The minimum absolute atomic E-state index is 0.182. The first-order valence-electron chi connectivity index (χ1n) is 5.06. The van der Waals surface area contributed by atoms with Gasteiger partial charge in [-0.3, -0.25) is 0 Å². The first-order chi connectivity index (χ1) is 7.20. The van der Waals surface area contributed by atoms with Crippen LogP contribution in [0, 0.1) is 0 Å². The topological polar surface area (TPSA) is 38.3 Å². The molecule has 16 heavy (non-hydrogen) atoms. The standard InChI is InChI=1S/C10H19F2NO2S/c1-7(5-16-6-8(11)12)13-9(14)15-10(2,3)4/h7-8H,5-6H2,1-4H3,(H,13,14)/t7-/m1/s1. The summed E-state index contributed by atoms with van der Waals surface area (Å²) in [6, 6.07) is -0.182. The summed E-state index contributed by atoms with van der Waals surface area (Å²) in [5, 5.41) is 2.58. The van der Waals surface area contributed by atoms with Crippen LogP contribution in [-0.4, -0.2) is 35.7 Å². The van der Waals surface area contributed by atoms with Crippen molar-refractivity contribution in [1.29, 1.82) is 0 Å². The second-order valence-electron chi connectivity index (χ2n) is 4.48. The van der Waals surface area contributed by atoms with Crippen molar-refractivity contribution in [2.75, 3.05) is 11.5 Å². The van der Waals surface area contributed by atoms with Crippen molar-refractivity contribution >= 4 is 17.9 Å². The van der Waals surface area contributed by atoms with E-state index in [1.807, 2.05) is 0 Å². The first-order valence-corrected chi connectivity index (χ1v) is 6.21. The normalized spacial score (nSPS) is 13.7. The number of halogens is 2. The van der Waals surface area contributed by atoms with Gasteiger partial charge in [-0.05, 0) is 27.7 Å². The average Bonchev–Trinajstić information content (AvgIpc) is 1.98. The van der Waals surface area contributed by atoms with Crippen molar-refractivity contribution in [3.8, 4) is 0 Å². The summed E-state index contributed by atoms with van der Waals surface area (Å²) in [4.78, 5) is 11.3. The summed E-state index contributed by atoms with van der Waals surface area (Å²) in [5.74, 6) is 0.240. The Kier molecular flexibility index (Phi) is 6.71. The van der Waals surface area contributed by atoms with Gasteiger partial charge >= 0.3 is 6.09 Å². The predicted octanol–water partition coefficient (Wildman–Crippen LogP) is 2.90. The molecule has 3 nitrogen and oxygen atoms in total. The summed E-state index contributed by atoms with van der Waals surface area (Å²) in [5.41, 5.74) is -0.542. The third kappa shape index (κ3) is 10.0. The zero-order chi connectivity index (χ0) is 12.8. The molecule has 0 aromatic rings. The molecule has 0 aromatic heterocycles. The fourth-order valence-electron chi connectivity index (χ4n) is 0.884. The minimum Gasteiger partial charge on any atom is -0.444 e. The summed E-state index contributed by atoms with van der Waals surface area (Å²) in [7, 11) is 0. The van der Waals surface area contributed by atoms with E-state index in [4.69, 9.17) is 4.74 Å². The van der Waals surface area contributed by atoms with Gasteiger partial charge in [0.25, 0.3) is 0 Å². The largest absolute Gasteiger partial charge is 0.444 e. The van der Waals surface area contributed by atoms with Crippen molar-refractivity contribution < 1.29 is 18.3 Å². The number of carbonyl (C=O) groups excluding carboxylic acids is 1. The van der Waals surface area contributed by atoms with Crippen LogP contribution >= 0.6 is 11.8 Å². The van der Waals surface area contributed by atoms with Crippen molar-refractivity contribution in [1.82, 2.24) is 5.32 Å². The Morgan fingerprint density at radius 1 is 1.38 bits per heavy atom. The van der Waals surface area contributed by atoms with Gasteiger partial charge in [0, 0.05) is 11.8 Å². The number of alkyl carbamates (subject to hydrolysis) is 1. The summed E-state index contributed by atoms with van der Waals surface area (Å²) >= 11 is 1.11. The SMILES string of the molecule is C[C@H](CSCC(F)F)NC(=O)OC(C)(C)C. The highest BCUT2D eigenvalue weighted by molar-refractivity contribution is 7.99. The van der Waals surface area contributed by atoms with Crippen LogP contribution in [0.5, 0.6) is 0 Å². The van der Waals surface area contributed by atoms with E-state index >= 15 is 0 Å². The molecular weight excluding hydrogens is 236 g/mol. The van der Waals surface area contributed by atoms with E-state index in [9.17, 15) is 13.6 Å². The number of carbonyl (C=O) groups is 1.